The molecule has 2 rings (SSSR count). The van der Waals surface area contributed by atoms with Crippen LogP contribution in [0, 0.1) is 11.3 Å². The van der Waals surface area contributed by atoms with Crippen LogP contribution in [-0.2, 0) is 11.3 Å². The Morgan fingerprint density at radius 1 is 1.60 bits per heavy atom. The minimum atomic E-state index is 0.522. The van der Waals surface area contributed by atoms with E-state index in [-0.39, 0.29) is 0 Å². The number of ether oxygens (including phenoxy) is 1. The van der Waals surface area contributed by atoms with E-state index >= 15 is 0 Å². The highest BCUT2D eigenvalue weighted by molar-refractivity contribution is 5.30. The Bertz CT molecular complexity index is 451. The second-order valence-electron chi connectivity index (χ2n) is 5.14. The minimum Gasteiger partial charge on any atom is -0.383 e. The van der Waals surface area contributed by atoms with Gasteiger partial charge in [-0.2, -0.15) is 5.26 Å². The number of aromatic nitrogens is 1. The van der Waals surface area contributed by atoms with Crippen LogP contribution in [0.15, 0.2) is 18.3 Å². The van der Waals surface area contributed by atoms with E-state index in [4.69, 9.17) is 10.00 Å². The Hall–Kier alpha value is -1.48. The first-order valence-electron chi connectivity index (χ1n) is 7.12. The van der Waals surface area contributed by atoms with Gasteiger partial charge in [-0.1, -0.05) is 6.07 Å². The molecule has 1 atom stereocenters. The number of pyridine rings is 1. The van der Waals surface area contributed by atoms with Crippen molar-refractivity contribution in [1.82, 2.24) is 15.2 Å². The van der Waals surface area contributed by atoms with Crippen LogP contribution in [-0.4, -0.2) is 49.3 Å². The summed E-state index contributed by atoms with van der Waals surface area (Å²) in [6, 6.07) is 6.58. The second kappa shape index (κ2) is 7.95. The number of methoxy groups -OCH3 is 1. The SMILES string of the molecule is COCCN(Cc1cccnc1C#N)CC1CCCN1. The molecule has 108 valence electrons. The Labute approximate surface area is 120 Å². The highest BCUT2D eigenvalue weighted by atomic mass is 16.5. The average molecular weight is 274 g/mol. The molecule has 1 unspecified atom stereocenters. The van der Waals surface area contributed by atoms with E-state index in [2.05, 4.69) is 21.3 Å². The summed E-state index contributed by atoms with van der Waals surface area (Å²) in [4.78, 5) is 6.47. The Morgan fingerprint density at radius 3 is 3.20 bits per heavy atom. The largest absolute Gasteiger partial charge is 0.383 e. The van der Waals surface area contributed by atoms with Gasteiger partial charge >= 0.3 is 0 Å². The van der Waals surface area contributed by atoms with Gasteiger partial charge in [0.2, 0.25) is 0 Å². The van der Waals surface area contributed by atoms with E-state index in [0.29, 0.717) is 18.3 Å². The van der Waals surface area contributed by atoms with Crippen LogP contribution in [0.4, 0.5) is 0 Å². The van der Waals surface area contributed by atoms with E-state index in [1.165, 1.54) is 12.8 Å². The Morgan fingerprint density at radius 2 is 2.50 bits per heavy atom. The minimum absolute atomic E-state index is 0.522. The summed E-state index contributed by atoms with van der Waals surface area (Å²) in [5.74, 6) is 0. The van der Waals surface area contributed by atoms with Gasteiger partial charge < -0.3 is 10.1 Å². The normalized spacial score (nSPS) is 18.4. The summed E-state index contributed by atoms with van der Waals surface area (Å²) in [5.41, 5.74) is 1.51. The van der Waals surface area contributed by atoms with E-state index in [1.54, 1.807) is 13.3 Å². The molecule has 1 aromatic heterocycles. The molecule has 5 heteroatoms. The first-order chi connectivity index (χ1) is 9.83. The summed E-state index contributed by atoms with van der Waals surface area (Å²) in [5, 5.41) is 12.6. The summed E-state index contributed by atoms with van der Waals surface area (Å²) in [6.45, 7) is 4.42. The number of hydrogen-bond acceptors (Lipinski definition) is 5. The zero-order valence-electron chi connectivity index (χ0n) is 12.0. The standard InChI is InChI=1S/C15H22N4O/c1-20-9-8-19(12-14-5-3-6-17-14)11-13-4-2-7-18-15(13)10-16/h2,4,7,14,17H,3,5-6,8-9,11-12H2,1H3. The molecule has 1 aliphatic rings. The zero-order valence-corrected chi connectivity index (χ0v) is 12.0. The third-order valence-corrected chi connectivity index (χ3v) is 3.64. The van der Waals surface area contributed by atoms with Crippen molar-refractivity contribution in [2.45, 2.75) is 25.4 Å². The maximum Gasteiger partial charge on any atom is 0.144 e. The Kier molecular flexibility index (Phi) is 5.93. The van der Waals surface area contributed by atoms with E-state index < -0.39 is 0 Å². The monoisotopic (exact) mass is 274 g/mol. The van der Waals surface area contributed by atoms with Crippen LogP contribution >= 0.6 is 0 Å². The van der Waals surface area contributed by atoms with Crippen LogP contribution in [0.1, 0.15) is 24.1 Å². The van der Waals surface area contributed by atoms with Gasteiger partial charge in [-0.25, -0.2) is 4.98 Å². The summed E-state index contributed by atoms with van der Waals surface area (Å²) < 4.78 is 5.19. The topological polar surface area (TPSA) is 61.2 Å². The first-order valence-corrected chi connectivity index (χ1v) is 7.12. The van der Waals surface area contributed by atoms with Gasteiger partial charge in [0.15, 0.2) is 0 Å². The number of nitrogens with one attached hydrogen (secondary N) is 1. The van der Waals surface area contributed by atoms with Gasteiger partial charge in [-0.05, 0) is 25.5 Å². The molecule has 1 fully saturated rings. The van der Waals surface area contributed by atoms with Gasteiger partial charge in [0.1, 0.15) is 11.8 Å². The molecule has 0 amide bonds. The highest BCUT2D eigenvalue weighted by Gasteiger charge is 2.18. The average Bonchev–Trinajstić information content (AvgIpc) is 2.98. The van der Waals surface area contributed by atoms with Crippen molar-refractivity contribution in [1.29, 1.82) is 5.26 Å². The molecule has 2 heterocycles. The molecule has 5 nitrogen and oxygen atoms in total. The molecule has 20 heavy (non-hydrogen) atoms. The molecular formula is C15H22N4O. The van der Waals surface area contributed by atoms with Gasteiger partial charge in [0, 0.05) is 44.5 Å². The maximum atomic E-state index is 9.12. The lowest BCUT2D eigenvalue weighted by Gasteiger charge is -2.25. The number of nitriles is 1. The fourth-order valence-electron chi connectivity index (χ4n) is 2.59. The molecule has 1 N–H and O–H groups in total. The van der Waals surface area contributed by atoms with Gasteiger partial charge in [-0.3, -0.25) is 4.90 Å². The lowest BCUT2D eigenvalue weighted by Crippen LogP contribution is -2.39. The molecule has 1 saturated heterocycles. The molecule has 0 saturated carbocycles. The smallest absolute Gasteiger partial charge is 0.144 e. The van der Waals surface area contributed by atoms with Crippen LogP contribution in [0.2, 0.25) is 0 Å². The number of rotatable bonds is 7. The van der Waals surface area contributed by atoms with Crippen LogP contribution in [0.3, 0.4) is 0 Å². The molecule has 0 bridgehead atoms. The molecule has 0 radical (unpaired) electrons. The van der Waals surface area contributed by atoms with E-state index in [9.17, 15) is 0 Å². The van der Waals surface area contributed by atoms with Gasteiger partial charge in [-0.15, -0.1) is 0 Å². The molecule has 0 spiro atoms. The maximum absolute atomic E-state index is 9.12. The molecule has 0 aromatic carbocycles. The Balaban J connectivity index is 2.00. The summed E-state index contributed by atoms with van der Waals surface area (Å²) >= 11 is 0. The fraction of sp³-hybridized carbons (Fsp3) is 0.600. The van der Waals surface area contributed by atoms with Crippen molar-refractivity contribution >= 4 is 0 Å². The van der Waals surface area contributed by atoms with Crippen molar-refractivity contribution in [3.05, 3.63) is 29.6 Å². The highest BCUT2D eigenvalue weighted by Crippen LogP contribution is 2.12. The molecule has 1 aromatic rings. The molecule has 0 aliphatic carbocycles. The van der Waals surface area contributed by atoms with Crippen molar-refractivity contribution in [2.75, 3.05) is 33.4 Å². The quantitative estimate of drug-likeness (QED) is 0.808. The second-order valence-corrected chi connectivity index (χ2v) is 5.14. The van der Waals surface area contributed by atoms with Crippen molar-refractivity contribution in [3.8, 4) is 6.07 Å². The van der Waals surface area contributed by atoms with Gasteiger partial charge in [0.25, 0.3) is 0 Å². The van der Waals surface area contributed by atoms with Crippen LogP contribution in [0.25, 0.3) is 0 Å². The van der Waals surface area contributed by atoms with Crippen LogP contribution in [0.5, 0.6) is 0 Å². The summed E-state index contributed by atoms with van der Waals surface area (Å²) in [7, 11) is 1.72. The predicted octanol–water partition coefficient (Wildman–Crippen LogP) is 1.15. The van der Waals surface area contributed by atoms with Crippen molar-refractivity contribution in [2.24, 2.45) is 0 Å². The third kappa shape index (κ3) is 4.27. The predicted molar refractivity (Wildman–Crippen MR) is 77.1 cm³/mol. The molecular weight excluding hydrogens is 252 g/mol. The van der Waals surface area contributed by atoms with Crippen LogP contribution < -0.4 is 5.32 Å². The fourth-order valence-corrected chi connectivity index (χ4v) is 2.59. The zero-order chi connectivity index (χ0) is 14.2. The molecule has 1 aliphatic heterocycles. The lowest BCUT2D eigenvalue weighted by atomic mass is 10.1. The lowest BCUT2D eigenvalue weighted by molar-refractivity contribution is 0.138. The van der Waals surface area contributed by atoms with Crippen molar-refractivity contribution in [3.63, 3.8) is 0 Å². The van der Waals surface area contributed by atoms with Gasteiger partial charge in [0.05, 0.1) is 6.61 Å². The number of hydrogen-bond donors (Lipinski definition) is 1. The first kappa shape index (κ1) is 14.9. The number of nitrogens with zero attached hydrogens (tertiary/aromatic N) is 3. The third-order valence-electron chi connectivity index (χ3n) is 3.64. The van der Waals surface area contributed by atoms with E-state index in [1.807, 2.05) is 12.1 Å². The van der Waals surface area contributed by atoms with Crippen molar-refractivity contribution < 1.29 is 4.74 Å². The summed E-state index contributed by atoms with van der Waals surface area (Å²) in [6.07, 6.45) is 4.14. The van der Waals surface area contributed by atoms with E-state index in [0.717, 1.165) is 31.7 Å².